The molecule has 0 saturated heterocycles. The molecule has 0 amide bonds. The van der Waals surface area contributed by atoms with Crippen LogP contribution >= 0.6 is 0 Å². The number of nitrogens with zero attached hydrogens (tertiary/aromatic N) is 2. The fourth-order valence-corrected chi connectivity index (χ4v) is 2.97. The second-order valence-electron chi connectivity index (χ2n) is 6.61. The molecule has 0 atom stereocenters. The molecule has 0 radical (unpaired) electrons. The number of aromatic amines is 1. The van der Waals surface area contributed by atoms with Crippen LogP contribution in [0.25, 0.3) is 11.0 Å². The van der Waals surface area contributed by atoms with Crippen molar-refractivity contribution < 1.29 is 4.79 Å². The zero-order valence-electron chi connectivity index (χ0n) is 15.5. The van der Waals surface area contributed by atoms with Gasteiger partial charge in [0.25, 0.3) is 0 Å². The zero-order chi connectivity index (χ0) is 19.1. The van der Waals surface area contributed by atoms with E-state index in [0.29, 0.717) is 30.1 Å². The van der Waals surface area contributed by atoms with E-state index in [1.54, 1.807) is 12.3 Å². The maximum Gasteiger partial charge on any atom is 0.348 e. The largest absolute Gasteiger partial charge is 0.348 e. The molecular formula is C21H24N4O2. The van der Waals surface area contributed by atoms with E-state index in [4.69, 9.17) is 0 Å². The highest BCUT2D eigenvalue weighted by atomic mass is 16.1. The number of hydrogen-bond donors (Lipinski definition) is 2. The van der Waals surface area contributed by atoms with Gasteiger partial charge in [0.05, 0.1) is 5.39 Å². The Balaban J connectivity index is 1.62. The summed E-state index contributed by atoms with van der Waals surface area (Å²) < 4.78 is 0. The number of rotatable bonds is 9. The molecule has 6 heteroatoms. The number of aromatic nitrogens is 3. The summed E-state index contributed by atoms with van der Waals surface area (Å²) in [5.74, 6) is 0.935. The molecule has 2 aromatic heterocycles. The summed E-state index contributed by atoms with van der Waals surface area (Å²) in [6.07, 6.45) is 6.78. The van der Waals surface area contributed by atoms with Crippen molar-refractivity contribution in [1.29, 1.82) is 0 Å². The van der Waals surface area contributed by atoms with Crippen LogP contribution in [0.5, 0.6) is 0 Å². The number of aryl methyl sites for hydroxylation is 1. The van der Waals surface area contributed by atoms with Gasteiger partial charge in [0, 0.05) is 24.7 Å². The van der Waals surface area contributed by atoms with Gasteiger partial charge >= 0.3 is 5.69 Å². The predicted molar refractivity (Wildman–Crippen MR) is 107 cm³/mol. The van der Waals surface area contributed by atoms with Gasteiger partial charge in [0.2, 0.25) is 0 Å². The lowest BCUT2D eigenvalue weighted by Gasteiger charge is -2.09. The van der Waals surface area contributed by atoms with Crippen molar-refractivity contribution in [1.82, 2.24) is 15.0 Å². The molecule has 1 aromatic carbocycles. The van der Waals surface area contributed by atoms with Gasteiger partial charge in [-0.3, -0.25) is 9.78 Å². The first-order valence-electron chi connectivity index (χ1n) is 9.38. The Labute approximate surface area is 158 Å². The summed E-state index contributed by atoms with van der Waals surface area (Å²) >= 11 is 0. The topological polar surface area (TPSA) is 87.7 Å². The highest BCUT2D eigenvalue weighted by Gasteiger charge is 2.06. The Hall–Kier alpha value is -3.02. The number of benzene rings is 1. The minimum atomic E-state index is -0.437. The number of carbonyl (C=O) groups excluding carboxylic acids is 1. The van der Waals surface area contributed by atoms with E-state index in [0.717, 1.165) is 36.8 Å². The number of hydrogen-bond acceptors (Lipinski definition) is 5. The Bertz CT molecular complexity index is 964. The molecule has 6 nitrogen and oxygen atoms in total. The lowest BCUT2D eigenvalue weighted by Crippen LogP contribution is -2.13. The molecule has 0 saturated carbocycles. The number of Topliss-reactive ketones (excluding diaryl/α,β-unsaturated/α-hetero) is 1. The predicted octanol–water partition coefficient (Wildman–Crippen LogP) is 4.14. The van der Waals surface area contributed by atoms with Gasteiger partial charge in [0.1, 0.15) is 11.6 Å². The summed E-state index contributed by atoms with van der Waals surface area (Å²) in [5.41, 5.74) is 2.03. The fourth-order valence-electron chi connectivity index (χ4n) is 2.97. The SMILES string of the molecule is CCCCC(=O)CCCc1ccc(Nc2[nH]c(=O)nc3ncccc23)cc1. The van der Waals surface area contributed by atoms with E-state index in [9.17, 15) is 9.59 Å². The molecule has 0 aliphatic carbocycles. The average Bonchev–Trinajstić information content (AvgIpc) is 2.67. The maximum absolute atomic E-state index is 11.7. The number of unbranched alkanes of at least 4 members (excludes halogenated alkanes) is 1. The van der Waals surface area contributed by atoms with Crippen LogP contribution in [0.3, 0.4) is 0 Å². The maximum atomic E-state index is 11.7. The Kier molecular flexibility index (Phi) is 6.30. The molecule has 3 rings (SSSR count). The molecule has 27 heavy (non-hydrogen) atoms. The molecule has 0 fully saturated rings. The summed E-state index contributed by atoms with van der Waals surface area (Å²) in [5, 5.41) is 3.98. The number of anilines is 2. The van der Waals surface area contributed by atoms with Crippen LogP contribution in [0.1, 0.15) is 44.6 Å². The van der Waals surface area contributed by atoms with Crippen LogP contribution in [0.15, 0.2) is 47.4 Å². The number of ketones is 1. The van der Waals surface area contributed by atoms with Crippen molar-refractivity contribution in [3.63, 3.8) is 0 Å². The van der Waals surface area contributed by atoms with Crippen molar-refractivity contribution in [3.05, 3.63) is 58.6 Å². The van der Waals surface area contributed by atoms with E-state index in [2.05, 4.69) is 27.2 Å². The van der Waals surface area contributed by atoms with Gasteiger partial charge in [-0.05, 0) is 49.1 Å². The quantitative estimate of drug-likeness (QED) is 0.596. The van der Waals surface area contributed by atoms with Crippen LogP contribution in [-0.4, -0.2) is 20.7 Å². The normalized spacial score (nSPS) is 10.9. The van der Waals surface area contributed by atoms with E-state index in [-0.39, 0.29) is 0 Å². The molecule has 0 unspecified atom stereocenters. The third-order valence-corrected chi connectivity index (χ3v) is 4.45. The summed E-state index contributed by atoms with van der Waals surface area (Å²) in [6, 6.07) is 11.7. The zero-order valence-corrected chi connectivity index (χ0v) is 15.5. The minimum absolute atomic E-state index is 0.359. The molecule has 140 valence electrons. The number of fused-ring (bicyclic) bond motifs is 1. The van der Waals surface area contributed by atoms with Crippen LogP contribution in [0, 0.1) is 0 Å². The number of pyridine rings is 1. The van der Waals surface area contributed by atoms with Crippen molar-refractivity contribution in [2.45, 2.75) is 45.4 Å². The Morgan fingerprint density at radius 2 is 1.89 bits per heavy atom. The van der Waals surface area contributed by atoms with E-state index >= 15 is 0 Å². The third kappa shape index (κ3) is 5.23. The second kappa shape index (κ2) is 9.07. The lowest BCUT2D eigenvalue weighted by molar-refractivity contribution is -0.119. The first kappa shape index (κ1) is 18.8. The number of carbonyl (C=O) groups is 1. The molecule has 2 heterocycles. The van der Waals surface area contributed by atoms with Crippen molar-refractivity contribution in [3.8, 4) is 0 Å². The summed E-state index contributed by atoms with van der Waals surface area (Å²) in [4.78, 5) is 34.2. The van der Waals surface area contributed by atoms with Crippen molar-refractivity contribution in [2.24, 2.45) is 0 Å². The molecule has 0 spiro atoms. The van der Waals surface area contributed by atoms with Gasteiger partial charge in [-0.15, -0.1) is 0 Å². The standard InChI is InChI=1S/C21H24N4O2/c1-2-3-7-17(26)8-4-6-15-10-12-16(13-11-15)23-20-18-9-5-14-22-19(18)24-21(27)25-20/h5,9-14H,2-4,6-8H2,1H3,(H2,22,23,24,25,27). The van der Waals surface area contributed by atoms with Gasteiger partial charge in [-0.25, -0.2) is 9.78 Å². The monoisotopic (exact) mass is 364 g/mol. The number of nitrogens with one attached hydrogen (secondary N) is 2. The molecule has 0 aliphatic heterocycles. The van der Waals surface area contributed by atoms with Crippen LogP contribution in [0.4, 0.5) is 11.5 Å². The van der Waals surface area contributed by atoms with Crippen LogP contribution in [-0.2, 0) is 11.2 Å². The number of H-pyrrole nitrogens is 1. The molecule has 2 N–H and O–H groups in total. The van der Waals surface area contributed by atoms with E-state index in [1.165, 1.54) is 5.56 Å². The van der Waals surface area contributed by atoms with Crippen molar-refractivity contribution >= 4 is 28.3 Å². The highest BCUT2D eigenvalue weighted by molar-refractivity contribution is 5.87. The first-order valence-corrected chi connectivity index (χ1v) is 9.38. The van der Waals surface area contributed by atoms with E-state index in [1.807, 2.05) is 30.3 Å². The van der Waals surface area contributed by atoms with Gasteiger partial charge in [-0.2, -0.15) is 4.98 Å². The van der Waals surface area contributed by atoms with Gasteiger partial charge < -0.3 is 5.32 Å². The average molecular weight is 364 g/mol. The van der Waals surface area contributed by atoms with E-state index < -0.39 is 5.69 Å². The smallest absolute Gasteiger partial charge is 0.341 e. The first-order chi connectivity index (χ1) is 13.2. The molecule has 0 bridgehead atoms. The molecule has 3 aromatic rings. The third-order valence-electron chi connectivity index (χ3n) is 4.45. The minimum Gasteiger partial charge on any atom is -0.341 e. The second-order valence-corrected chi connectivity index (χ2v) is 6.61. The van der Waals surface area contributed by atoms with Gasteiger partial charge in [-0.1, -0.05) is 25.5 Å². The summed E-state index contributed by atoms with van der Waals surface area (Å²) in [7, 11) is 0. The highest BCUT2D eigenvalue weighted by Crippen LogP contribution is 2.21. The van der Waals surface area contributed by atoms with Crippen LogP contribution < -0.4 is 11.0 Å². The lowest BCUT2D eigenvalue weighted by atomic mass is 10.0. The molecular weight excluding hydrogens is 340 g/mol. The van der Waals surface area contributed by atoms with Crippen LogP contribution in [0.2, 0.25) is 0 Å². The summed E-state index contributed by atoms with van der Waals surface area (Å²) in [6.45, 7) is 2.10. The Morgan fingerprint density at radius 1 is 1.11 bits per heavy atom. The van der Waals surface area contributed by atoms with Gasteiger partial charge in [0.15, 0.2) is 5.65 Å². The molecule has 0 aliphatic rings. The Morgan fingerprint density at radius 3 is 2.67 bits per heavy atom. The van der Waals surface area contributed by atoms with Crippen molar-refractivity contribution in [2.75, 3.05) is 5.32 Å². The fraction of sp³-hybridized carbons (Fsp3) is 0.333.